The summed E-state index contributed by atoms with van der Waals surface area (Å²) < 4.78 is 27.2. The van der Waals surface area contributed by atoms with Crippen LogP contribution in [-0.4, -0.2) is 16.1 Å². The quantitative estimate of drug-likeness (QED) is 0.673. The first-order chi connectivity index (χ1) is 12.5. The normalized spacial score (nSPS) is 16.2. The van der Waals surface area contributed by atoms with Crippen LogP contribution in [0.5, 0.6) is 0 Å². The Labute approximate surface area is 151 Å². The molecular formula is C19H12F2N2O2S. The van der Waals surface area contributed by atoms with E-state index in [2.05, 4.69) is 10.3 Å². The molecule has 0 bridgehead atoms. The zero-order valence-electron chi connectivity index (χ0n) is 13.3. The number of nitrogens with one attached hydrogen (secondary N) is 2. The number of hydrogen-bond acceptors (Lipinski definition) is 3. The fourth-order valence-corrected chi connectivity index (χ4v) is 3.85. The molecule has 130 valence electrons. The first kappa shape index (κ1) is 16.5. The fourth-order valence-electron chi connectivity index (χ4n) is 3.08. The highest BCUT2D eigenvalue weighted by Crippen LogP contribution is 2.36. The lowest BCUT2D eigenvalue weighted by atomic mass is 9.94. The van der Waals surface area contributed by atoms with Gasteiger partial charge in [0.05, 0.1) is 4.91 Å². The number of amides is 2. The largest absolute Gasteiger partial charge is 0.361 e. The number of halogens is 2. The second-order valence-corrected chi connectivity index (χ2v) is 6.83. The number of H-pyrrole nitrogens is 1. The Morgan fingerprint density at radius 2 is 1.81 bits per heavy atom. The zero-order valence-corrected chi connectivity index (χ0v) is 14.1. The van der Waals surface area contributed by atoms with E-state index in [1.807, 2.05) is 24.3 Å². The molecule has 2 heterocycles. The SMILES string of the molecule is O=C1NC(=O)C(=C(Cc2cc(F)cc(F)c2)c2cccc3[nH]ccc23)S1. The third-order valence-corrected chi connectivity index (χ3v) is 5.04. The zero-order chi connectivity index (χ0) is 18.3. The number of fused-ring (bicyclic) bond motifs is 1. The maximum absolute atomic E-state index is 13.6. The van der Waals surface area contributed by atoms with Crippen molar-refractivity contribution in [3.63, 3.8) is 0 Å². The highest BCUT2D eigenvalue weighted by molar-refractivity contribution is 8.18. The number of hydrogen-bond donors (Lipinski definition) is 2. The summed E-state index contributed by atoms with van der Waals surface area (Å²) >= 11 is 0.798. The number of imide groups is 1. The van der Waals surface area contributed by atoms with E-state index in [4.69, 9.17) is 0 Å². The van der Waals surface area contributed by atoms with Gasteiger partial charge in [-0.2, -0.15) is 0 Å². The minimum atomic E-state index is -0.691. The van der Waals surface area contributed by atoms with Crippen molar-refractivity contribution in [1.29, 1.82) is 0 Å². The van der Waals surface area contributed by atoms with Crippen molar-refractivity contribution in [1.82, 2.24) is 10.3 Å². The van der Waals surface area contributed by atoms with Crippen LogP contribution in [0, 0.1) is 11.6 Å². The molecule has 0 aliphatic carbocycles. The minimum absolute atomic E-state index is 0.113. The second kappa shape index (κ2) is 6.42. The van der Waals surface area contributed by atoms with E-state index < -0.39 is 22.8 Å². The average molecular weight is 370 g/mol. The molecule has 4 nitrogen and oxygen atoms in total. The summed E-state index contributed by atoms with van der Waals surface area (Å²) in [6.45, 7) is 0. The Morgan fingerprint density at radius 1 is 1.04 bits per heavy atom. The van der Waals surface area contributed by atoms with Crippen LogP contribution >= 0.6 is 11.8 Å². The molecule has 7 heteroatoms. The molecule has 1 saturated heterocycles. The summed E-state index contributed by atoms with van der Waals surface area (Å²) in [6, 6.07) is 10.6. The third-order valence-electron chi connectivity index (χ3n) is 4.11. The second-order valence-electron chi connectivity index (χ2n) is 5.85. The molecule has 4 rings (SSSR count). The average Bonchev–Trinajstić information content (AvgIpc) is 3.17. The lowest BCUT2D eigenvalue weighted by Gasteiger charge is -2.12. The lowest BCUT2D eigenvalue weighted by molar-refractivity contribution is -0.115. The Kier molecular flexibility index (Phi) is 4.08. The van der Waals surface area contributed by atoms with E-state index >= 15 is 0 Å². The molecule has 1 aromatic heterocycles. The molecule has 1 aliphatic rings. The van der Waals surface area contributed by atoms with Crippen molar-refractivity contribution >= 4 is 39.4 Å². The summed E-state index contributed by atoms with van der Waals surface area (Å²) in [5.41, 5.74) is 2.53. The van der Waals surface area contributed by atoms with Gasteiger partial charge in [-0.15, -0.1) is 0 Å². The van der Waals surface area contributed by atoms with Gasteiger partial charge in [0.25, 0.3) is 11.1 Å². The van der Waals surface area contributed by atoms with Crippen molar-refractivity contribution in [2.75, 3.05) is 0 Å². The number of aromatic nitrogens is 1. The predicted molar refractivity (Wildman–Crippen MR) is 96.4 cm³/mol. The highest BCUT2D eigenvalue weighted by Gasteiger charge is 2.29. The number of aromatic amines is 1. The van der Waals surface area contributed by atoms with Gasteiger partial charge in [0.2, 0.25) is 0 Å². The predicted octanol–water partition coefficient (Wildman–Crippen LogP) is 4.38. The molecule has 2 amide bonds. The fraction of sp³-hybridized carbons (Fsp3) is 0.0526. The smallest absolute Gasteiger partial charge is 0.290 e. The van der Waals surface area contributed by atoms with E-state index in [9.17, 15) is 18.4 Å². The first-order valence-corrected chi connectivity index (χ1v) is 8.60. The third kappa shape index (κ3) is 3.01. The van der Waals surface area contributed by atoms with E-state index in [-0.39, 0.29) is 11.3 Å². The Bertz CT molecular complexity index is 1070. The van der Waals surface area contributed by atoms with Gasteiger partial charge < -0.3 is 4.98 Å². The van der Waals surface area contributed by atoms with E-state index in [0.717, 1.165) is 34.3 Å². The van der Waals surface area contributed by atoms with E-state index in [0.29, 0.717) is 11.1 Å². The topological polar surface area (TPSA) is 62.0 Å². The molecule has 2 aromatic carbocycles. The summed E-state index contributed by atoms with van der Waals surface area (Å²) in [7, 11) is 0. The lowest BCUT2D eigenvalue weighted by Crippen LogP contribution is -2.18. The summed E-state index contributed by atoms with van der Waals surface area (Å²) in [6.07, 6.45) is 1.88. The molecular weight excluding hydrogens is 358 g/mol. The first-order valence-electron chi connectivity index (χ1n) is 7.79. The van der Waals surface area contributed by atoms with Crippen LogP contribution in [0.25, 0.3) is 16.5 Å². The van der Waals surface area contributed by atoms with Crippen molar-refractivity contribution in [2.45, 2.75) is 6.42 Å². The van der Waals surface area contributed by atoms with Crippen LogP contribution in [0.15, 0.2) is 53.6 Å². The molecule has 0 unspecified atom stereocenters. The number of thioether (sulfide) groups is 1. The molecule has 0 radical (unpaired) electrons. The van der Waals surface area contributed by atoms with Gasteiger partial charge in [-0.05, 0) is 59.1 Å². The van der Waals surface area contributed by atoms with Crippen LogP contribution in [-0.2, 0) is 11.2 Å². The molecule has 0 atom stereocenters. The van der Waals surface area contributed by atoms with Crippen molar-refractivity contribution in [3.8, 4) is 0 Å². The molecule has 26 heavy (non-hydrogen) atoms. The van der Waals surface area contributed by atoms with Crippen molar-refractivity contribution in [3.05, 3.63) is 76.3 Å². The monoisotopic (exact) mass is 370 g/mol. The number of carbonyl (C=O) groups is 2. The number of allylic oxidation sites excluding steroid dienone is 1. The minimum Gasteiger partial charge on any atom is -0.361 e. The Balaban J connectivity index is 1.91. The summed E-state index contributed by atoms with van der Waals surface area (Å²) in [4.78, 5) is 27.2. The molecule has 1 aliphatic heterocycles. The van der Waals surface area contributed by atoms with Crippen LogP contribution in [0.1, 0.15) is 11.1 Å². The maximum atomic E-state index is 13.6. The molecule has 2 N–H and O–H groups in total. The van der Waals surface area contributed by atoms with Gasteiger partial charge in [0, 0.05) is 23.2 Å². The van der Waals surface area contributed by atoms with Crippen molar-refractivity contribution < 1.29 is 18.4 Å². The van der Waals surface area contributed by atoms with Gasteiger partial charge in [0.1, 0.15) is 11.6 Å². The van der Waals surface area contributed by atoms with Crippen LogP contribution < -0.4 is 5.32 Å². The maximum Gasteiger partial charge on any atom is 0.290 e. The highest BCUT2D eigenvalue weighted by atomic mass is 32.2. The van der Waals surface area contributed by atoms with Gasteiger partial charge in [-0.1, -0.05) is 12.1 Å². The molecule has 1 fully saturated rings. The standard InChI is InChI=1S/C19H12F2N2O2S/c20-11-6-10(7-12(21)9-11)8-15(17-18(24)23-19(25)26-17)13-2-1-3-16-14(13)4-5-22-16/h1-7,9,22H,8H2,(H,23,24,25). The molecule has 0 spiro atoms. The number of carbonyl (C=O) groups excluding carboxylic acids is 2. The van der Waals surface area contributed by atoms with E-state index in [1.54, 1.807) is 6.20 Å². The van der Waals surface area contributed by atoms with Gasteiger partial charge in [-0.3, -0.25) is 14.9 Å². The van der Waals surface area contributed by atoms with Crippen LogP contribution in [0.4, 0.5) is 13.6 Å². The van der Waals surface area contributed by atoms with Crippen molar-refractivity contribution in [2.24, 2.45) is 0 Å². The van der Waals surface area contributed by atoms with Crippen LogP contribution in [0.2, 0.25) is 0 Å². The summed E-state index contributed by atoms with van der Waals surface area (Å²) in [5.74, 6) is -1.88. The summed E-state index contributed by atoms with van der Waals surface area (Å²) in [5, 5.41) is 2.64. The Morgan fingerprint density at radius 3 is 2.50 bits per heavy atom. The van der Waals surface area contributed by atoms with Gasteiger partial charge in [0.15, 0.2) is 0 Å². The number of rotatable bonds is 3. The van der Waals surface area contributed by atoms with E-state index in [1.165, 1.54) is 12.1 Å². The molecule has 0 saturated carbocycles. The van der Waals surface area contributed by atoms with Gasteiger partial charge in [-0.25, -0.2) is 8.78 Å². The van der Waals surface area contributed by atoms with Crippen LogP contribution in [0.3, 0.4) is 0 Å². The Hall–Kier alpha value is -2.93. The van der Waals surface area contributed by atoms with Gasteiger partial charge >= 0.3 is 0 Å². The molecule has 3 aromatic rings. The number of benzene rings is 2.